The number of nitrogens with zero attached hydrogens (tertiary/aromatic N) is 1. The van der Waals surface area contributed by atoms with Crippen molar-refractivity contribution in [3.05, 3.63) is 17.7 Å². The fourth-order valence-corrected chi connectivity index (χ4v) is 0.979. The van der Waals surface area contributed by atoms with Crippen molar-refractivity contribution in [1.29, 1.82) is 0 Å². The molecule has 0 saturated heterocycles. The molecular weight excluding hydrogens is 184 g/mol. The number of aldehydes is 1. The Morgan fingerprint density at radius 1 is 1.50 bits per heavy atom. The number of hydrogen-bond acceptors (Lipinski definition) is 4. The number of H-pyrrole nitrogens is 1. The van der Waals surface area contributed by atoms with E-state index in [9.17, 15) is 4.79 Å². The molecule has 0 atom stereocenters. The van der Waals surface area contributed by atoms with Crippen LogP contribution in [0.15, 0.2) is 6.20 Å². The zero-order valence-electron chi connectivity index (χ0n) is 8.16. The SMILES string of the molecule is COCCOCCc1ncc(C=O)[nH]1. The van der Waals surface area contributed by atoms with Gasteiger partial charge in [0.25, 0.3) is 0 Å². The fraction of sp³-hybridized carbons (Fsp3) is 0.556. The number of carbonyl (C=O) groups excluding carboxylic acids is 1. The molecule has 14 heavy (non-hydrogen) atoms. The van der Waals surface area contributed by atoms with E-state index in [1.165, 1.54) is 6.20 Å². The van der Waals surface area contributed by atoms with Crippen molar-refractivity contribution in [3.8, 4) is 0 Å². The van der Waals surface area contributed by atoms with Gasteiger partial charge in [0, 0.05) is 13.5 Å². The topological polar surface area (TPSA) is 64.2 Å². The van der Waals surface area contributed by atoms with Gasteiger partial charge in [-0.3, -0.25) is 4.79 Å². The molecule has 1 heterocycles. The molecule has 0 radical (unpaired) electrons. The molecule has 0 saturated carbocycles. The van der Waals surface area contributed by atoms with E-state index in [1.807, 2.05) is 0 Å². The molecule has 78 valence electrons. The molecule has 0 aliphatic rings. The van der Waals surface area contributed by atoms with E-state index in [2.05, 4.69) is 9.97 Å². The molecule has 1 aromatic rings. The smallest absolute Gasteiger partial charge is 0.167 e. The first kappa shape index (κ1) is 10.9. The molecule has 1 rings (SSSR count). The number of ether oxygens (including phenoxy) is 2. The summed E-state index contributed by atoms with van der Waals surface area (Å²) in [6.07, 6.45) is 2.93. The molecule has 0 spiro atoms. The summed E-state index contributed by atoms with van der Waals surface area (Å²) in [5.41, 5.74) is 0.497. The van der Waals surface area contributed by atoms with Gasteiger partial charge in [-0.05, 0) is 0 Å². The van der Waals surface area contributed by atoms with E-state index in [4.69, 9.17) is 9.47 Å². The van der Waals surface area contributed by atoms with Crippen molar-refractivity contribution in [3.63, 3.8) is 0 Å². The van der Waals surface area contributed by atoms with Gasteiger partial charge in [0.2, 0.25) is 0 Å². The Balaban J connectivity index is 2.14. The van der Waals surface area contributed by atoms with Crippen LogP contribution in [0.25, 0.3) is 0 Å². The third-order valence-electron chi connectivity index (χ3n) is 1.69. The van der Waals surface area contributed by atoms with E-state index in [0.717, 1.165) is 12.1 Å². The van der Waals surface area contributed by atoms with E-state index < -0.39 is 0 Å². The molecule has 5 nitrogen and oxygen atoms in total. The molecular formula is C9H14N2O3. The second kappa shape index (κ2) is 6.28. The molecule has 0 unspecified atom stereocenters. The highest BCUT2D eigenvalue weighted by Crippen LogP contribution is 1.95. The minimum Gasteiger partial charge on any atom is -0.382 e. The van der Waals surface area contributed by atoms with Crippen LogP contribution in [0.5, 0.6) is 0 Å². The first-order chi connectivity index (χ1) is 6.86. The quantitative estimate of drug-likeness (QED) is 0.509. The number of nitrogens with one attached hydrogen (secondary N) is 1. The van der Waals surface area contributed by atoms with Crippen molar-refractivity contribution < 1.29 is 14.3 Å². The maximum atomic E-state index is 10.3. The van der Waals surface area contributed by atoms with Gasteiger partial charge in [-0.25, -0.2) is 4.98 Å². The summed E-state index contributed by atoms with van der Waals surface area (Å²) in [6, 6.07) is 0. The first-order valence-electron chi connectivity index (χ1n) is 4.42. The highest BCUT2D eigenvalue weighted by atomic mass is 16.5. The molecule has 1 N–H and O–H groups in total. The Bertz CT molecular complexity index is 273. The predicted octanol–water partition coefficient (Wildman–Crippen LogP) is 0.428. The van der Waals surface area contributed by atoms with Gasteiger partial charge in [0.15, 0.2) is 6.29 Å². The lowest BCUT2D eigenvalue weighted by Gasteiger charge is -2.00. The summed E-state index contributed by atoms with van der Waals surface area (Å²) >= 11 is 0. The molecule has 0 bridgehead atoms. The number of aromatic nitrogens is 2. The summed E-state index contributed by atoms with van der Waals surface area (Å²) in [4.78, 5) is 17.2. The van der Waals surface area contributed by atoms with Gasteiger partial charge in [-0.2, -0.15) is 0 Å². The summed E-state index contributed by atoms with van der Waals surface area (Å²) in [6.45, 7) is 1.75. The monoisotopic (exact) mass is 198 g/mol. The minimum atomic E-state index is 0.497. The Morgan fingerprint density at radius 2 is 2.36 bits per heavy atom. The molecule has 0 aliphatic carbocycles. The Hall–Kier alpha value is -1.20. The second-order valence-electron chi connectivity index (χ2n) is 2.76. The molecule has 0 amide bonds. The molecule has 5 heteroatoms. The minimum absolute atomic E-state index is 0.497. The van der Waals surface area contributed by atoms with Crippen molar-refractivity contribution in [2.45, 2.75) is 6.42 Å². The number of rotatable bonds is 7. The predicted molar refractivity (Wildman–Crippen MR) is 50.4 cm³/mol. The Labute approximate surface area is 82.4 Å². The lowest BCUT2D eigenvalue weighted by atomic mass is 10.4. The summed E-state index contributed by atoms with van der Waals surface area (Å²) in [5.74, 6) is 0.768. The van der Waals surface area contributed by atoms with Gasteiger partial charge in [-0.1, -0.05) is 0 Å². The van der Waals surface area contributed by atoms with Crippen LogP contribution >= 0.6 is 0 Å². The van der Waals surface area contributed by atoms with Crippen molar-refractivity contribution in [2.75, 3.05) is 26.9 Å². The standard InChI is InChI=1S/C9H14N2O3/c1-13-4-5-14-3-2-9-10-6-8(7-12)11-9/h6-7H,2-5H2,1H3,(H,10,11). The van der Waals surface area contributed by atoms with Gasteiger partial charge >= 0.3 is 0 Å². The number of carbonyl (C=O) groups is 1. The average molecular weight is 198 g/mol. The molecule has 0 aliphatic heterocycles. The summed E-state index contributed by atoms with van der Waals surface area (Å²) < 4.78 is 10.1. The van der Waals surface area contributed by atoms with Crippen LogP contribution in [0.4, 0.5) is 0 Å². The lowest BCUT2D eigenvalue weighted by molar-refractivity contribution is 0.0717. The van der Waals surface area contributed by atoms with Crippen LogP contribution in [-0.2, 0) is 15.9 Å². The highest BCUT2D eigenvalue weighted by Gasteiger charge is 1.98. The van der Waals surface area contributed by atoms with E-state index in [0.29, 0.717) is 31.9 Å². The van der Waals surface area contributed by atoms with Crippen LogP contribution in [0.2, 0.25) is 0 Å². The Morgan fingerprint density at radius 3 is 3.00 bits per heavy atom. The fourth-order valence-electron chi connectivity index (χ4n) is 0.979. The third-order valence-corrected chi connectivity index (χ3v) is 1.69. The molecule has 0 fully saturated rings. The normalized spacial score (nSPS) is 10.4. The zero-order chi connectivity index (χ0) is 10.2. The number of aromatic amines is 1. The highest BCUT2D eigenvalue weighted by molar-refractivity contribution is 5.71. The van der Waals surface area contributed by atoms with Crippen LogP contribution in [0.1, 0.15) is 16.3 Å². The molecule has 0 aromatic carbocycles. The zero-order valence-corrected chi connectivity index (χ0v) is 8.16. The Kier molecular flexibility index (Phi) is 4.88. The van der Waals surface area contributed by atoms with Crippen LogP contribution in [-0.4, -0.2) is 43.2 Å². The summed E-state index contributed by atoms with van der Waals surface area (Å²) in [7, 11) is 1.63. The van der Waals surface area contributed by atoms with Crippen molar-refractivity contribution >= 4 is 6.29 Å². The van der Waals surface area contributed by atoms with Crippen molar-refractivity contribution in [2.24, 2.45) is 0 Å². The van der Waals surface area contributed by atoms with Gasteiger partial charge in [0.05, 0.1) is 31.7 Å². The van der Waals surface area contributed by atoms with Gasteiger partial charge < -0.3 is 14.5 Å². The second-order valence-corrected chi connectivity index (χ2v) is 2.76. The largest absolute Gasteiger partial charge is 0.382 e. The van der Waals surface area contributed by atoms with E-state index in [1.54, 1.807) is 7.11 Å². The summed E-state index contributed by atoms with van der Waals surface area (Å²) in [5, 5.41) is 0. The first-order valence-corrected chi connectivity index (χ1v) is 4.42. The maximum Gasteiger partial charge on any atom is 0.167 e. The van der Waals surface area contributed by atoms with Gasteiger partial charge in [0.1, 0.15) is 5.82 Å². The number of methoxy groups -OCH3 is 1. The van der Waals surface area contributed by atoms with Crippen LogP contribution in [0, 0.1) is 0 Å². The van der Waals surface area contributed by atoms with E-state index >= 15 is 0 Å². The lowest BCUT2D eigenvalue weighted by Crippen LogP contribution is -2.05. The number of imidazole rings is 1. The average Bonchev–Trinajstić information content (AvgIpc) is 2.65. The number of hydrogen-bond donors (Lipinski definition) is 1. The van der Waals surface area contributed by atoms with E-state index in [-0.39, 0.29) is 0 Å². The third kappa shape index (κ3) is 3.68. The maximum absolute atomic E-state index is 10.3. The molecule has 1 aromatic heterocycles. The van der Waals surface area contributed by atoms with Crippen LogP contribution in [0.3, 0.4) is 0 Å². The van der Waals surface area contributed by atoms with Crippen molar-refractivity contribution in [1.82, 2.24) is 9.97 Å². The van der Waals surface area contributed by atoms with Crippen LogP contribution < -0.4 is 0 Å². The van der Waals surface area contributed by atoms with Gasteiger partial charge in [-0.15, -0.1) is 0 Å².